The maximum absolute atomic E-state index is 3.86. The molecule has 0 amide bonds. The van der Waals surface area contributed by atoms with Crippen molar-refractivity contribution in [2.24, 2.45) is 16.7 Å². The van der Waals surface area contributed by atoms with Gasteiger partial charge >= 0.3 is 0 Å². The summed E-state index contributed by atoms with van der Waals surface area (Å²) in [5.41, 5.74) is 3.70. The first kappa shape index (κ1) is 14.6. The fraction of sp³-hybridized carbons (Fsp3) is 0.667. The van der Waals surface area contributed by atoms with Gasteiger partial charge in [0, 0.05) is 17.1 Å². The summed E-state index contributed by atoms with van der Waals surface area (Å²) < 4.78 is 1.20. The number of aryl methyl sites for hydroxylation is 1. The van der Waals surface area contributed by atoms with Gasteiger partial charge in [-0.25, -0.2) is 0 Å². The van der Waals surface area contributed by atoms with Crippen LogP contribution >= 0.6 is 15.9 Å². The second kappa shape index (κ2) is 4.84. The van der Waals surface area contributed by atoms with E-state index in [4.69, 9.17) is 0 Å². The van der Waals surface area contributed by atoms with Crippen LogP contribution in [0.3, 0.4) is 0 Å². The molecule has 1 aromatic rings. The highest BCUT2D eigenvalue weighted by Gasteiger charge is 2.60. The number of nitrogens with one attached hydrogen (secondary N) is 1. The van der Waals surface area contributed by atoms with Crippen LogP contribution in [-0.4, -0.2) is 6.04 Å². The van der Waals surface area contributed by atoms with Gasteiger partial charge in [0.15, 0.2) is 0 Å². The lowest BCUT2D eigenvalue weighted by Gasteiger charge is -2.39. The van der Waals surface area contributed by atoms with Crippen molar-refractivity contribution in [3.63, 3.8) is 0 Å². The highest BCUT2D eigenvalue weighted by atomic mass is 79.9. The van der Waals surface area contributed by atoms with E-state index in [1.165, 1.54) is 34.9 Å². The molecule has 110 valence electrons. The molecule has 3 unspecified atom stereocenters. The van der Waals surface area contributed by atoms with Crippen molar-refractivity contribution in [2.75, 3.05) is 0 Å². The molecule has 1 N–H and O–H groups in total. The molecule has 3 atom stereocenters. The van der Waals surface area contributed by atoms with Gasteiger partial charge in [0.25, 0.3) is 0 Å². The lowest BCUT2D eigenvalue weighted by molar-refractivity contribution is 0.120. The minimum Gasteiger partial charge on any atom is -0.309 e. The van der Waals surface area contributed by atoms with Crippen LogP contribution in [0.25, 0.3) is 0 Å². The largest absolute Gasteiger partial charge is 0.309 e. The Kier molecular flexibility index (Phi) is 3.53. The SMILES string of the molecule is Cc1cc(CNC2CC3CCC2(C)C3(C)C)ccc1Br. The summed E-state index contributed by atoms with van der Waals surface area (Å²) in [5, 5.41) is 3.86. The minimum absolute atomic E-state index is 0.474. The molecule has 2 aliphatic carbocycles. The summed E-state index contributed by atoms with van der Waals surface area (Å²) in [7, 11) is 0. The summed E-state index contributed by atoms with van der Waals surface area (Å²) in [6.07, 6.45) is 4.18. The van der Waals surface area contributed by atoms with Crippen LogP contribution in [0.2, 0.25) is 0 Å². The second-order valence-corrected chi connectivity index (χ2v) is 8.48. The van der Waals surface area contributed by atoms with Crippen LogP contribution in [0.15, 0.2) is 22.7 Å². The first-order valence-electron chi connectivity index (χ1n) is 7.83. The standard InChI is InChI=1S/C18H26BrN/c1-12-9-13(5-6-15(12)19)11-20-16-10-14-7-8-18(16,4)17(14,2)3/h5-6,9,14,16,20H,7-8,10-11H2,1-4H3. The van der Waals surface area contributed by atoms with E-state index in [9.17, 15) is 0 Å². The Morgan fingerprint density at radius 3 is 2.60 bits per heavy atom. The van der Waals surface area contributed by atoms with Crippen molar-refractivity contribution in [1.82, 2.24) is 5.32 Å². The fourth-order valence-corrected chi connectivity index (χ4v) is 4.82. The van der Waals surface area contributed by atoms with E-state index in [1.54, 1.807) is 0 Å². The smallest absolute Gasteiger partial charge is 0.0208 e. The highest BCUT2D eigenvalue weighted by molar-refractivity contribution is 9.10. The number of hydrogen-bond acceptors (Lipinski definition) is 1. The van der Waals surface area contributed by atoms with Crippen molar-refractivity contribution in [2.45, 2.75) is 59.5 Å². The average molecular weight is 336 g/mol. The van der Waals surface area contributed by atoms with Gasteiger partial charge in [0.2, 0.25) is 0 Å². The summed E-state index contributed by atoms with van der Waals surface area (Å²) in [4.78, 5) is 0. The zero-order valence-electron chi connectivity index (χ0n) is 13.1. The van der Waals surface area contributed by atoms with Gasteiger partial charge in [-0.3, -0.25) is 0 Å². The van der Waals surface area contributed by atoms with Gasteiger partial charge in [-0.05, 0) is 60.1 Å². The maximum atomic E-state index is 3.86. The Balaban J connectivity index is 1.69. The van der Waals surface area contributed by atoms with E-state index >= 15 is 0 Å². The molecular weight excluding hydrogens is 310 g/mol. The van der Waals surface area contributed by atoms with Gasteiger partial charge < -0.3 is 5.32 Å². The van der Waals surface area contributed by atoms with Crippen LogP contribution in [0.1, 0.15) is 51.2 Å². The number of benzene rings is 1. The molecule has 2 bridgehead atoms. The summed E-state index contributed by atoms with van der Waals surface area (Å²) >= 11 is 3.58. The van der Waals surface area contributed by atoms with Crippen LogP contribution < -0.4 is 5.32 Å². The first-order chi connectivity index (χ1) is 9.34. The molecule has 2 aliphatic rings. The molecule has 0 heterocycles. The number of fused-ring (bicyclic) bond motifs is 2. The molecule has 3 rings (SSSR count). The Morgan fingerprint density at radius 2 is 2.05 bits per heavy atom. The lowest BCUT2D eigenvalue weighted by Crippen LogP contribution is -2.44. The van der Waals surface area contributed by atoms with E-state index in [1.807, 2.05) is 0 Å². The van der Waals surface area contributed by atoms with Crippen LogP contribution in [0, 0.1) is 23.7 Å². The predicted molar refractivity (Wildman–Crippen MR) is 88.7 cm³/mol. The topological polar surface area (TPSA) is 12.0 Å². The van der Waals surface area contributed by atoms with Gasteiger partial charge in [0.1, 0.15) is 0 Å². The number of hydrogen-bond donors (Lipinski definition) is 1. The van der Waals surface area contributed by atoms with Gasteiger partial charge in [-0.2, -0.15) is 0 Å². The van der Waals surface area contributed by atoms with Gasteiger partial charge in [0.05, 0.1) is 0 Å². The zero-order chi connectivity index (χ0) is 14.5. The Labute approximate surface area is 131 Å². The lowest BCUT2D eigenvalue weighted by atomic mass is 9.69. The quantitative estimate of drug-likeness (QED) is 0.813. The van der Waals surface area contributed by atoms with Crippen molar-refractivity contribution in [1.29, 1.82) is 0 Å². The zero-order valence-corrected chi connectivity index (χ0v) is 14.7. The number of rotatable bonds is 3. The third kappa shape index (κ3) is 2.07. The molecule has 1 nitrogen and oxygen atoms in total. The van der Waals surface area contributed by atoms with Crippen molar-refractivity contribution >= 4 is 15.9 Å². The van der Waals surface area contributed by atoms with Crippen LogP contribution in [-0.2, 0) is 6.54 Å². The van der Waals surface area contributed by atoms with Gasteiger partial charge in [-0.15, -0.1) is 0 Å². The summed E-state index contributed by atoms with van der Waals surface area (Å²) in [6, 6.07) is 7.36. The third-order valence-electron chi connectivity index (χ3n) is 6.57. The van der Waals surface area contributed by atoms with E-state index in [2.05, 4.69) is 67.1 Å². The van der Waals surface area contributed by atoms with Crippen molar-refractivity contribution in [3.05, 3.63) is 33.8 Å². The van der Waals surface area contributed by atoms with E-state index in [0.717, 1.165) is 12.5 Å². The number of halogens is 1. The highest BCUT2D eigenvalue weighted by Crippen LogP contribution is 2.65. The molecule has 0 saturated heterocycles. The average Bonchev–Trinajstić information content (AvgIpc) is 2.73. The van der Waals surface area contributed by atoms with E-state index in [-0.39, 0.29) is 0 Å². The van der Waals surface area contributed by atoms with Crippen LogP contribution in [0.5, 0.6) is 0 Å². The third-order valence-corrected chi connectivity index (χ3v) is 7.46. The van der Waals surface area contributed by atoms with Crippen molar-refractivity contribution in [3.8, 4) is 0 Å². The van der Waals surface area contributed by atoms with Crippen molar-refractivity contribution < 1.29 is 0 Å². The molecule has 2 fully saturated rings. The monoisotopic (exact) mass is 335 g/mol. The second-order valence-electron chi connectivity index (χ2n) is 7.63. The molecular formula is C18H26BrN. The van der Waals surface area contributed by atoms with Crippen LogP contribution in [0.4, 0.5) is 0 Å². The maximum Gasteiger partial charge on any atom is 0.0208 e. The van der Waals surface area contributed by atoms with Gasteiger partial charge in [-0.1, -0.05) is 48.8 Å². The molecule has 0 spiro atoms. The molecule has 1 aromatic carbocycles. The Bertz CT molecular complexity index is 522. The Morgan fingerprint density at radius 1 is 1.30 bits per heavy atom. The molecule has 0 aliphatic heterocycles. The normalized spacial score (nSPS) is 34.6. The van der Waals surface area contributed by atoms with E-state index < -0.39 is 0 Å². The van der Waals surface area contributed by atoms with E-state index in [0.29, 0.717) is 16.9 Å². The molecule has 2 saturated carbocycles. The summed E-state index contributed by atoms with van der Waals surface area (Å²) in [6.45, 7) is 10.6. The summed E-state index contributed by atoms with van der Waals surface area (Å²) in [5.74, 6) is 0.914. The first-order valence-corrected chi connectivity index (χ1v) is 8.62. The molecule has 0 radical (unpaired) electrons. The molecule has 2 heteroatoms. The minimum atomic E-state index is 0.474. The molecule has 20 heavy (non-hydrogen) atoms. The Hall–Kier alpha value is -0.340. The fourth-order valence-electron chi connectivity index (χ4n) is 4.57. The molecule has 0 aromatic heterocycles. The predicted octanol–water partition coefficient (Wildman–Crippen LogP) is 5.06.